The van der Waals surface area contributed by atoms with Gasteiger partial charge in [0.1, 0.15) is 5.69 Å². The van der Waals surface area contributed by atoms with Gasteiger partial charge in [-0.15, -0.1) is 0 Å². The lowest BCUT2D eigenvalue weighted by atomic mass is 10.1. The van der Waals surface area contributed by atoms with E-state index in [0.717, 1.165) is 12.1 Å². The van der Waals surface area contributed by atoms with Crippen molar-refractivity contribution >= 4 is 34.6 Å². The molecule has 0 radical (unpaired) electrons. The highest BCUT2D eigenvalue weighted by Gasteiger charge is 2.28. The van der Waals surface area contributed by atoms with Gasteiger partial charge in [-0.25, -0.2) is 0 Å². The summed E-state index contributed by atoms with van der Waals surface area (Å²) in [6, 6.07) is 12.3. The zero-order valence-electron chi connectivity index (χ0n) is 16.6. The summed E-state index contributed by atoms with van der Waals surface area (Å²) in [4.78, 5) is 27.6. The molecule has 1 fully saturated rings. The summed E-state index contributed by atoms with van der Waals surface area (Å²) in [6.45, 7) is 6.47. The minimum Gasteiger partial charge on any atom is -0.363 e. The van der Waals surface area contributed by atoms with Crippen molar-refractivity contribution in [2.45, 2.75) is 26.3 Å². The largest absolute Gasteiger partial charge is 0.363 e. The lowest BCUT2D eigenvalue weighted by molar-refractivity contribution is -0.384. The Kier molecular flexibility index (Phi) is 6.71. The van der Waals surface area contributed by atoms with Gasteiger partial charge in [-0.3, -0.25) is 19.8 Å². The number of benzene rings is 2. The van der Waals surface area contributed by atoms with Gasteiger partial charge in [0.2, 0.25) is 5.91 Å². The Hall–Kier alpha value is -2.64. The monoisotopic (exact) mass is 416 g/mol. The van der Waals surface area contributed by atoms with Crippen LogP contribution in [-0.4, -0.2) is 48.0 Å². The molecule has 7 nitrogen and oxygen atoms in total. The first-order chi connectivity index (χ1) is 13.9. The third kappa shape index (κ3) is 5.05. The van der Waals surface area contributed by atoms with Gasteiger partial charge in [-0.2, -0.15) is 0 Å². The van der Waals surface area contributed by atoms with Crippen LogP contribution >= 0.6 is 11.6 Å². The number of amides is 1. The quantitative estimate of drug-likeness (QED) is 0.569. The van der Waals surface area contributed by atoms with Gasteiger partial charge in [-0.1, -0.05) is 30.7 Å². The lowest BCUT2D eigenvalue weighted by Crippen LogP contribution is -2.53. The summed E-state index contributed by atoms with van der Waals surface area (Å²) in [5.74, 6) is -0.0554. The number of anilines is 2. The van der Waals surface area contributed by atoms with Crippen LogP contribution in [0.2, 0.25) is 5.02 Å². The van der Waals surface area contributed by atoms with Gasteiger partial charge in [0, 0.05) is 43.0 Å². The Morgan fingerprint density at radius 1 is 1.17 bits per heavy atom. The maximum absolute atomic E-state index is 12.6. The number of halogens is 1. The van der Waals surface area contributed by atoms with E-state index in [9.17, 15) is 14.9 Å². The van der Waals surface area contributed by atoms with Crippen LogP contribution in [0.5, 0.6) is 0 Å². The van der Waals surface area contributed by atoms with E-state index in [1.807, 2.05) is 36.1 Å². The zero-order chi connectivity index (χ0) is 21.0. The summed E-state index contributed by atoms with van der Waals surface area (Å²) in [7, 11) is 0. The molecule has 0 saturated carbocycles. The number of carbonyl (C=O) groups excluding carboxylic acids is 1. The van der Waals surface area contributed by atoms with Crippen LogP contribution in [0, 0.1) is 10.1 Å². The highest BCUT2D eigenvalue weighted by molar-refractivity contribution is 6.30. The summed E-state index contributed by atoms with van der Waals surface area (Å²) in [5, 5.41) is 14.7. The van der Waals surface area contributed by atoms with Crippen molar-refractivity contribution in [1.82, 2.24) is 4.90 Å². The molecule has 2 aromatic rings. The fraction of sp³-hybridized carbons (Fsp3) is 0.381. The van der Waals surface area contributed by atoms with Crippen molar-refractivity contribution in [1.29, 1.82) is 0 Å². The Morgan fingerprint density at radius 2 is 1.83 bits per heavy atom. The number of carbonyl (C=O) groups is 1. The maximum Gasteiger partial charge on any atom is 0.294 e. The van der Waals surface area contributed by atoms with Crippen molar-refractivity contribution in [2.75, 3.05) is 36.4 Å². The Balaban J connectivity index is 1.60. The molecule has 1 aliphatic heterocycles. The SMILES string of the molecule is CCc1ccc(NC(=O)[C@@H](C)N2CCN(c3ccc(Cl)cc3[N+](=O)[O-])CC2)cc1. The molecule has 0 spiro atoms. The second kappa shape index (κ2) is 9.24. The second-order valence-electron chi connectivity index (χ2n) is 7.13. The highest BCUT2D eigenvalue weighted by atomic mass is 35.5. The minimum atomic E-state index is -0.409. The third-order valence-corrected chi connectivity index (χ3v) is 5.58. The first-order valence-electron chi connectivity index (χ1n) is 9.71. The molecule has 1 atom stereocenters. The Morgan fingerprint density at radius 3 is 2.41 bits per heavy atom. The van der Waals surface area contributed by atoms with Crippen LogP contribution in [0.25, 0.3) is 0 Å². The van der Waals surface area contributed by atoms with E-state index in [4.69, 9.17) is 11.6 Å². The first kappa shape index (κ1) is 21.1. The summed E-state index contributed by atoms with van der Waals surface area (Å²) >= 11 is 5.91. The molecule has 2 aromatic carbocycles. The van der Waals surface area contributed by atoms with Gasteiger partial charge in [-0.05, 0) is 43.2 Å². The topological polar surface area (TPSA) is 78.7 Å². The average Bonchev–Trinajstić information content (AvgIpc) is 2.73. The highest BCUT2D eigenvalue weighted by Crippen LogP contribution is 2.31. The summed E-state index contributed by atoms with van der Waals surface area (Å²) in [5.41, 5.74) is 2.58. The number of piperazine rings is 1. The first-order valence-corrected chi connectivity index (χ1v) is 10.1. The number of hydrogen-bond donors (Lipinski definition) is 1. The van der Waals surface area contributed by atoms with Crippen LogP contribution in [0.3, 0.4) is 0 Å². The van der Waals surface area contributed by atoms with Crippen molar-refractivity contribution in [3.63, 3.8) is 0 Å². The van der Waals surface area contributed by atoms with E-state index in [2.05, 4.69) is 17.1 Å². The van der Waals surface area contributed by atoms with Crippen molar-refractivity contribution in [3.05, 3.63) is 63.2 Å². The van der Waals surface area contributed by atoms with Crippen LogP contribution in [0.15, 0.2) is 42.5 Å². The maximum atomic E-state index is 12.6. The number of aryl methyl sites for hydroxylation is 1. The van der Waals surface area contributed by atoms with E-state index in [0.29, 0.717) is 36.9 Å². The summed E-state index contributed by atoms with van der Waals surface area (Å²) in [6.07, 6.45) is 0.959. The number of nitrogens with zero attached hydrogens (tertiary/aromatic N) is 3. The smallest absolute Gasteiger partial charge is 0.294 e. The van der Waals surface area contributed by atoms with E-state index in [-0.39, 0.29) is 17.6 Å². The third-order valence-electron chi connectivity index (χ3n) is 5.35. The molecule has 1 amide bonds. The fourth-order valence-electron chi connectivity index (χ4n) is 3.50. The van der Waals surface area contributed by atoms with Gasteiger partial charge in [0.05, 0.1) is 11.0 Å². The minimum absolute atomic E-state index is 0.00673. The molecule has 1 saturated heterocycles. The molecular weight excluding hydrogens is 392 g/mol. The molecule has 0 aromatic heterocycles. The van der Waals surface area contributed by atoms with Gasteiger partial charge < -0.3 is 10.2 Å². The van der Waals surface area contributed by atoms with Crippen LogP contribution in [-0.2, 0) is 11.2 Å². The molecule has 154 valence electrons. The zero-order valence-corrected chi connectivity index (χ0v) is 17.4. The molecule has 1 N–H and O–H groups in total. The molecule has 0 bridgehead atoms. The van der Waals surface area contributed by atoms with Crippen molar-refractivity contribution < 1.29 is 9.72 Å². The Bertz CT molecular complexity index is 880. The number of hydrogen-bond acceptors (Lipinski definition) is 5. The van der Waals surface area contributed by atoms with E-state index < -0.39 is 4.92 Å². The van der Waals surface area contributed by atoms with E-state index >= 15 is 0 Å². The van der Waals surface area contributed by atoms with Gasteiger partial charge >= 0.3 is 0 Å². The molecule has 8 heteroatoms. The van der Waals surface area contributed by atoms with Crippen LogP contribution < -0.4 is 10.2 Å². The normalized spacial score (nSPS) is 15.8. The predicted octanol–water partition coefficient (Wildman–Crippen LogP) is 3.96. The molecule has 0 unspecified atom stereocenters. The molecule has 1 aliphatic rings. The lowest BCUT2D eigenvalue weighted by Gasteiger charge is -2.38. The molecule has 29 heavy (non-hydrogen) atoms. The number of nitro benzene ring substituents is 1. The van der Waals surface area contributed by atoms with Crippen LogP contribution in [0.4, 0.5) is 17.1 Å². The average molecular weight is 417 g/mol. The predicted molar refractivity (Wildman–Crippen MR) is 116 cm³/mol. The Labute approximate surface area is 175 Å². The van der Waals surface area contributed by atoms with Crippen LogP contribution in [0.1, 0.15) is 19.4 Å². The van der Waals surface area contributed by atoms with E-state index in [1.54, 1.807) is 12.1 Å². The van der Waals surface area contributed by atoms with Gasteiger partial charge in [0.25, 0.3) is 5.69 Å². The number of nitro groups is 1. The van der Waals surface area contributed by atoms with Crippen molar-refractivity contribution in [3.8, 4) is 0 Å². The molecule has 3 rings (SSSR count). The van der Waals surface area contributed by atoms with Crippen molar-refractivity contribution in [2.24, 2.45) is 0 Å². The molecule has 1 heterocycles. The van der Waals surface area contributed by atoms with E-state index in [1.165, 1.54) is 11.6 Å². The second-order valence-corrected chi connectivity index (χ2v) is 7.57. The van der Waals surface area contributed by atoms with Gasteiger partial charge in [0.15, 0.2) is 0 Å². The molecular formula is C21H25ClN4O3. The number of rotatable bonds is 6. The summed E-state index contributed by atoms with van der Waals surface area (Å²) < 4.78 is 0. The fourth-order valence-corrected chi connectivity index (χ4v) is 3.66. The molecule has 0 aliphatic carbocycles. The standard InChI is InChI=1S/C21H25ClN4O3/c1-3-16-4-7-18(8-5-16)23-21(27)15(2)24-10-12-25(13-11-24)19-9-6-17(22)14-20(19)26(28)29/h4-9,14-15H,3,10-13H2,1-2H3,(H,23,27)/t15-/m1/s1. The number of nitrogens with one attached hydrogen (secondary N) is 1.